The van der Waals surface area contributed by atoms with E-state index in [1.54, 1.807) is 16.8 Å². The van der Waals surface area contributed by atoms with Gasteiger partial charge < -0.3 is 15.5 Å². The van der Waals surface area contributed by atoms with E-state index in [1.165, 1.54) is 0 Å². The molecule has 2 amide bonds. The Kier molecular flexibility index (Phi) is 4.91. The fourth-order valence-corrected chi connectivity index (χ4v) is 1.10. The van der Waals surface area contributed by atoms with E-state index in [2.05, 4.69) is 0 Å². The molecule has 84 valence electrons. The van der Waals surface area contributed by atoms with Gasteiger partial charge in [0.25, 0.3) is 0 Å². The van der Waals surface area contributed by atoms with Crippen LogP contribution in [0.4, 0.5) is 4.79 Å². The average molecular weight is 201 g/mol. The van der Waals surface area contributed by atoms with Gasteiger partial charge in [0.2, 0.25) is 0 Å². The van der Waals surface area contributed by atoms with E-state index in [0.717, 1.165) is 13.1 Å². The van der Waals surface area contributed by atoms with E-state index in [9.17, 15) is 4.79 Å². The van der Waals surface area contributed by atoms with Crippen molar-refractivity contribution in [3.05, 3.63) is 0 Å². The van der Waals surface area contributed by atoms with Crippen molar-refractivity contribution in [3.8, 4) is 0 Å². The summed E-state index contributed by atoms with van der Waals surface area (Å²) in [5.74, 6) is 0. The van der Waals surface area contributed by atoms with Crippen LogP contribution >= 0.6 is 0 Å². The average Bonchev–Trinajstić information content (AvgIpc) is 2.18. The molecule has 0 unspecified atom stereocenters. The normalized spacial score (nSPS) is 11.3. The zero-order valence-electron chi connectivity index (χ0n) is 10.0. The maximum absolute atomic E-state index is 11.9. The quantitative estimate of drug-likeness (QED) is 0.741. The summed E-state index contributed by atoms with van der Waals surface area (Å²) in [4.78, 5) is 15.4. The van der Waals surface area contributed by atoms with Gasteiger partial charge in [-0.15, -0.1) is 0 Å². The van der Waals surface area contributed by atoms with Gasteiger partial charge in [-0.3, -0.25) is 0 Å². The fraction of sp³-hybridized carbons (Fsp3) is 0.900. The summed E-state index contributed by atoms with van der Waals surface area (Å²) < 4.78 is 0. The third-order valence-corrected chi connectivity index (χ3v) is 2.73. The van der Waals surface area contributed by atoms with Crippen molar-refractivity contribution in [1.82, 2.24) is 9.80 Å². The number of carbonyl (C=O) groups is 1. The van der Waals surface area contributed by atoms with Gasteiger partial charge in [0.15, 0.2) is 0 Å². The molecule has 0 bridgehead atoms. The summed E-state index contributed by atoms with van der Waals surface area (Å²) in [5.41, 5.74) is 5.34. The predicted molar refractivity (Wildman–Crippen MR) is 59.2 cm³/mol. The Labute approximate surface area is 87.0 Å². The molecule has 4 heteroatoms. The van der Waals surface area contributed by atoms with E-state index in [1.807, 2.05) is 27.7 Å². The number of hydrogen-bond donors (Lipinski definition) is 1. The molecule has 0 rings (SSSR count). The minimum atomic E-state index is -0.278. The number of urea groups is 1. The van der Waals surface area contributed by atoms with Crippen molar-refractivity contribution in [1.29, 1.82) is 0 Å². The maximum atomic E-state index is 11.9. The van der Waals surface area contributed by atoms with Crippen molar-refractivity contribution in [2.75, 3.05) is 26.7 Å². The van der Waals surface area contributed by atoms with Crippen LogP contribution in [0.2, 0.25) is 0 Å². The summed E-state index contributed by atoms with van der Waals surface area (Å²) in [7, 11) is 1.80. The number of carbonyl (C=O) groups excluding carboxylic acids is 1. The zero-order chi connectivity index (χ0) is 11.4. The van der Waals surface area contributed by atoms with Gasteiger partial charge in [-0.25, -0.2) is 4.79 Å². The Morgan fingerprint density at radius 2 is 1.71 bits per heavy atom. The molecule has 0 aromatic carbocycles. The Morgan fingerprint density at radius 1 is 1.29 bits per heavy atom. The minimum Gasteiger partial charge on any atom is -0.328 e. The first kappa shape index (κ1) is 13.2. The first-order chi connectivity index (χ1) is 6.40. The van der Waals surface area contributed by atoms with Crippen LogP contribution in [0.15, 0.2) is 0 Å². The first-order valence-corrected chi connectivity index (χ1v) is 5.13. The highest BCUT2D eigenvalue weighted by molar-refractivity contribution is 5.74. The van der Waals surface area contributed by atoms with E-state index < -0.39 is 0 Å². The number of likely N-dealkylation sites (N-methyl/N-ethyl adjacent to an activating group) is 1. The molecule has 0 aliphatic carbocycles. The lowest BCUT2D eigenvalue weighted by molar-refractivity contribution is 0.125. The summed E-state index contributed by atoms with van der Waals surface area (Å²) in [6.45, 7) is 9.83. The zero-order valence-corrected chi connectivity index (χ0v) is 10.0. The van der Waals surface area contributed by atoms with Crippen molar-refractivity contribution in [2.45, 2.75) is 33.2 Å². The first-order valence-electron chi connectivity index (χ1n) is 5.13. The third kappa shape index (κ3) is 2.87. The molecule has 0 fully saturated rings. The highest BCUT2D eigenvalue weighted by Gasteiger charge is 2.28. The smallest absolute Gasteiger partial charge is 0.320 e. The lowest BCUT2D eigenvalue weighted by Crippen LogP contribution is -2.54. The Morgan fingerprint density at radius 3 is 2.00 bits per heavy atom. The van der Waals surface area contributed by atoms with Crippen molar-refractivity contribution < 1.29 is 4.79 Å². The molecule has 0 atom stereocenters. The van der Waals surface area contributed by atoms with E-state index in [-0.39, 0.29) is 11.6 Å². The molecule has 0 saturated heterocycles. The summed E-state index contributed by atoms with van der Waals surface area (Å²) in [6.07, 6.45) is 0. The molecular formula is C10H23N3O. The Hall–Kier alpha value is -0.770. The molecule has 0 saturated carbocycles. The third-order valence-electron chi connectivity index (χ3n) is 2.73. The second-order valence-corrected chi connectivity index (χ2v) is 4.03. The van der Waals surface area contributed by atoms with Crippen LogP contribution in [0.25, 0.3) is 0 Å². The molecule has 4 nitrogen and oxygen atoms in total. The Balaban J connectivity index is 4.52. The number of rotatable bonds is 4. The standard InChI is InChI=1S/C10H23N3O/c1-6-13(7-2)9(14)12(5)10(3,4)8-11/h6-8,11H2,1-5H3. The summed E-state index contributed by atoms with van der Waals surface area (Å²) in [6, 6.07) is 0.0467. The number of nitrogens with zero attached hydrogens (tertiary/aromatic N) is 2. The number of hydrogen-bond acceptors (Lipinski definition) is 2. The predicted octanol–water partition coefficient (Wildman–Crippen LogP) is 1.12. The molecule has 0 spiro atoms. The van der Waals surface area contributed by atoms with Crippen LogP contribution in [-0.2, 0) is 0 Å². The molecule has 0 heterocycles. The van der Waals surface area contributed by atoms with Crippen LogP contribution in [0.1, 0.15) is 27.7 Å². The van der Waals surface area contributed by atoms with Crippen LogP contribution in [-0.4, -0.2) is 48.1 Å². The van der Waals surface area contributed by atoms with Gasteiger partial charge in [0.1, 0.15) is 0 Å². The van der Waals surface area contributed by atoms with Gasteiger partial charge in [-0.2, -0.15) is 0 Å². The molecule has 0 aromatic rings. The molecule has 0 radical (unpaired) electrons. The topological polar surface area (TPSA) is 49.6 Å². The van der Waals surface area contributed by atoms with Gasteiger partial charge in [-0.05, 0) is 27.7 Å². The largest absolute Gasteiger partial charge is 0.328 e. The minimum absolute atomic E-state index is 0.0467. The van der Waals surface area contributed by atoms with Crippen LogP contribution in [0.5, 0.6) is 0 Å². The number of nitrogens with two attached hydrogens (primary N) is 1. The highest BCUT2D eigenvalue weighted by atomic mass is 16.2. The van der Waals surface area contributed by atoms with Gasteiger partial charge in [0.05, 0.1) is 5.54 Å². The molecule has 14 heavy (non-hydrogen) atoms. The van der Waals surface area contributed by atoms with E-state index in [0.29, 0.717) is 6.54 Å². The lowest BCUT2D eigenvalue weighted by Gasteiger charge is -2.37. The second-order valence-electron chi connectivity index (χ2n) is 4.03. The fourth-order valence-electron chi connectivity index (χ4n) is 1.10. The van der Waals surface area contributed by atoms with Crippen molar-refractivity contribution >= 4 is 6.03 Å². The molecular weight excluding hydrogens is 178 g/mol. The maximum Gasteiger partial charge on any atom is 0.320 e. The van der Waals surface area contributed by atoms with Crippen molar-refractivity contribution in [3.63, 3.8) is 0 Å². The molecule has 0 aliphatic rings. The van der Waals surface area contributed by atoms with Gasteiger partial charge in [-0.1, -0.05) is 0 Å². The molecule has 0 aromatic heterocycles. The van der Waals surface area contributed by atoms with Crippen LogP contribution in [0, 0.1) is 0 Å². The SMILES string of the molecule is CCN(CC)C(=O)N(C)C(C)(C)CN. The molecule has 2 N–H and O–H groups in total. The van der Waals surface area contributed by atoms with E-state index in [4.69, 9.17) is 5.73 Å². The van der Waals surface area contributed by atoms with Crippen LogP contribution in [0.3, 0.4) is 0 Å². The monoisotopic (exact) mass is 201 g/mol. The van der Waals surface area contributed by atoms with Crippen molar-refractivity contribution in [2.24, 2.45) is 5.73 Å². The highest BCUT2D eigenvalue weighted by Crippen LogP contribution is 2.12. The van der Waals surface area contributed by atoms with Gasteiger partial charge in [0, 0.05) is 26.7 Å². The van der Waals surface area contributed by atoms with Crippen LogP contribution < -0.4 is 5.73 Å². The summed E-state index contributed by atoms with van der Waals surface area (Å²) >= 11 is 0. The lowest BCUT2D eigenvalue weighted by atomic mass is 10.0. The number of amides is 2. The van der Waals surface area contributed by atoms with E-state index >= 15 is 0 Å². The Bertz CT molecular complexity index is 188. The summed E-state index contributed by atoms with van der Waals surface area (Å²) in [5, 5.41) is 0. The van der Waals surface area contributed by atoms with Gasteiger partial charge >= 0.3 is 6.03 Å². The second kappa shape index (κ2) is 5.20. The molecule has 0 aliphatic heterocycles.